The van der Waals surface area contributed by atoms with Gasteiger partial charge in [0.25, 0.3) is 6.43 Å². The molecule has 1 unspecified atom stereocenters. The summed E-state index contributed by atoms with van der Waals surface area (Å²) in [7, 11) is 1.48. The highest BCUT2D eigenvalue weighted by atomic mass is 19.3. The SMILES string of the molecule is COc1cc2nc(C)nc(NC(C)c3cccc(C(F)F)c3F)c2cc1OC(=O)N1CCCCC12CC2. The first-order valence-corrected chi connectivity index (χ1v) is 12.4. The van der Waals surface area contributed by atoms with E-state index in [1.807, 2.05) is 4.90 Å². The van der Waals surface area contributed by atoms with Crippen LogP contribution in [0.3, 0.4) is 0 Å². The number of fused-ring (bicyclic) bond motifs is 1. The van der Waals surface area contributed by atoms with Crippen molar-refractivity contribution in [2.75, 3.05) is 19.0 Å². The molecule has 1 amide bonds. The summed E-state index contributed by atoms with van der Waals surface area (Å²) < 4.78 is 52.6. The number of alkyl halides is 2. The molecule has 1 atom stereocenters. The van der Waals surface area contributed by atoms with E-state index in [-0.39, 0.29) is 16.9 Å². The minimum atomic E-state index is -2.92. The molecule has 7 nitrogen and oxygen atoms in total. The van der Waals surface area contributed by atoms with Crippen LogP contribution in [0.5, 0.6) is 11.5 Å². The number of hydrogen-bond donors (Lipinski definition) is 1. The number of carbonyl (C=O) groups excluding carboxylic acids is 1. The number of aromatic nitrogens is 2. The fourth-order valence-electron chi connectivity index (χ4n) is 5.15. The van der Waals surface area contributed by atoms with Gasteiger partial charge in [-0.3, -0.25) is 0 Å². The first-order valence-electron chi connectivity index (χ1n) is 12.4. The third kappa shape index (κ3) is 4.76. The minimum absolute atomic E-state index is 0.0847. The highest BCUT2D eigenvalue weighted by molar-refractivity contribution is 5.92. The van der Waals surface area contributed by atoms with Crippen LogP contribution in [0.4, 0.5) is 23.8 Å². The summed E-state index contributed by atoms with van der Waals surface area (Å²) in [6.45, 7) is 4.02. The van der Waals surface area contributed by atoms with Gasteiger partial charge in [0.2, 0.25) is 0 Å². The molecular weight excluding hydrogens is 485 g/mol. The van der Waals surface area contributed by atoms with Crippen LogP contribution >= 0.6 is 0 Å². The second-order valence-electron chi connectivity index (χ2n) is 9.76. The van der Waals surface area contributed by atoms with Gasteiger partial charge in [-0.1, -0.05) is 18.2 Å². The maximum absolute atomic E-state index is 14.8. The molecule has 2 fully saturated rings. The standard InChI is InChI=1S/C27H29F3N4O3/c1-15(17-7-6-8-18(23(17)28)24(29)30)31-25-19-13-22(21(36-3)14-20(19)32-16(2)33-25)37-26(35)34-12-5-4-9-27(34)10-11-27/h6-8,13-15,24H,4-5,9-12H2,1-3H3,(H,31,32,33). The van der Waals surface area contributed by atoms with Crippen molar-refractivity contribution in [1.82, 2.24) is 14.9 Å². The van der Waals surface area contributed by atoms with Crippen molar-refractivity contribution in [3.05, 3.63) is 53.1 Å². The number of amides is 1. The lowest BCUT2D eigenvalue weighted by Crippen LogP contribution is -2.46. The molecule has 1 aliphatic carbocycles. The van der Waals surface area contributed by atoms with Gasteiger partial charge in [-0.15, -0.1) is 0 Å². The summed E-state index contributed by atoms with van der Waals surface area (Å²) in [5.41, 5.74) is -0.127. The Morgan fingerprint density at radius 2 is 1.86 bits per heavy atom. The molecule has 1 aliphatic heterocycles. The average Bonchev–Trinajstić information content (AvgIpc) is 3.63. The third-order valence-electron chi connectivity index (χ3n) is 7.30. The summed E-state index contributed by atoms with van der Waals surface area (Å²) in [5.74, 6) is 0.401. The van der Waals surface area contributed by atoms with E-state index in [0.29, 0.717) is 34.8 Å². The predicted molar refractivity (Wildman–Crippen MR) is 133 cm³/mol. The van der Waals surface area contributed by atoms with E-state index >= 15 is 0 Å². The van der Waals surface area contributed by atoms with Crippen molar-refractivity contribution < 1.29 is 27.4 Å². The molecule has 10 heteroatoms. The highest BCUT2D eigenvalue weighted by Crippen LogP contribution is 2.49. The Balaban J connectivity index is 1.48. The Morgan fingerprint density at radius 1 is 1.11 bits per heavy atom. The molecule has 5 rings (SSSR count). The van der Waals surface area contributed by atoms with E-state index in [0.717, 1.165) is 38.2 Å². The topological polar surface area (TPSA) is 76.6 Å². The van der Waals surface area contributed by atoms with E-state index in [1.165, 1.54) is 19.2 Å². The smallest absolute Gasteiger partial charge is 0.415 e. The number of rotatable bonds is 6. The zero-order chi connectivity index (χ0) is 26.3. The number of nitrogens with zero attached hydrogens (tertiary/aromatic N) is 3. The van der Waals surface area contributed by atoms with Gasteiger partial charge in [0.05, 0.1) is 24.2 Å². The number of hydrogen-bond acceptors (Lipinski definition) is 6. The van der Waals surface area contributed by atoms with Crippen molar-refractivity contribution in [2.45, 2.75) is 64.0 Å². The number of piperidine rings is 1. The van der Waals surface area contributed by atoms with Gasteiger partial charge < -0.3 is 19.7 Å². The van der Waals surface area contributed by atoms with Crippen LogP contribution < -0.4 is 14.8 Å². The van der Waals surface area contributed by atoms with Crippen LogP contribution in [-0.4, -0.2) is 40.2 Å². The van der Waals surface area contributed by atoms with Gasteiger partial charge >= 0.3 is 6.09 Å². The number of nitrogens with one attached hydrogen (secondary N) is 1. The van der Waals surface area contributed by atoms with E-state index in [9.17, 15) is 18.0 Å². The number of anilines is 1. The Hall–Kier alpha value is -3.56. The van der Waals surface area contributed by atoms with Crippen LogP contribution in [-0.2, 0) is 0 Å². The number of methoxy groups -OCH3 is 1. The zero-order valence-electron chi connectivity index (χ0n) is 21.0. The van der Waals surface area contributed by atoms with Crippen molar-refractivity contribution in [3.63, 3.8) is 0 Å². The number of aryl methyl sites for hydroxylation is 1. The van der Waals surface area contributed by atoms with Crippen molar-refractivity contribution >= 4 is 22.8 Å². The highest BCUT2D eigenvalue weighted by Gasteiger charge is 2.51. The van der Waals surface area contributed by atoms with Gasteiger partial charge in [-0.05, 0) is 52.0 Å². The van der Waals surface area contributed by atoms with Gasteiger partial charge in [-0.25, -0.2) is 27.9 Å². The fraction of sp³-hybridized carbons (Fsp3) is 0.444. The molecule has 196 valence electrons. The Bertz CT molecular complexity index is 1350. The lowest BCUT2D eigenvalue weighted by molar-refractivity contribution is 0.102. The molecule has 3 aromatic rings. The maximum atomic E-state index is 14.8. The first kappa shape index (κ1) is 25.1. The molecule has 1 spiro atoms. The maximum Gasteiger partial charge on any atom is 0.415 e. The lowest BCUT2D eigenvalue weighted by Gasteiger charge is -2.35. The third-order valence-corrected chi connectivity index (χ3v) is 7.30. The quantitative estimate of drug-likeness (QED) is 0.394. The van der Waals surface area contributed by atoms with Crippen LogP contribution in [0.1, 0.15) is 68.4 Å². The minimum Gasteiger partial charge on any atom is -0.493 e. The summed E-state index contributed by atoms with van der Waals surface area (Å²) in [5, 5.41) is 3.65. The lowest BCUT2D eigenvalue weighted by atomic mass is 10.0. The number of likely N-dealkylation sites (tertiary alicyclic amines) is 1. The Morgan fingerprint density at radius 3 is 2.57 bits per heavy atom. The molecule has 2 aliphatic rings. The largest absolute Gasteiger partial charge is 0.493 e. The molecular formula is C27H29F3N4O3. The normalized spacial score (nSPS) is 17.2. The summed E-state index contributed by atoms with van der Waals surface area (Å²) >= 11 is 0. The van der Waals surface area contributed by atoms with Crippen LogP contribution in [0.25, 0.3) is 10.9 Å². The summed E-state index contributed by atoms with van der Waals surface area (Å²) in [4.78, 5) is 23.9. The molecule has 2 aromatic carbocycles. The van der Waals surface area contributed by atoms with Gasteiger partial charge in [0.15, 0.2) is 11.5 Å². The number of halogens is 3. The Labute approximate surface area is 213 Å². The molecule has 2 heterocycles. The fourth-order valence-corrected chi connectivity index (χ4v) is 5.15. The van der Waals surface area contributed by atoms with Crippen LogP contribution in [0.2, 0.25) is 0 Å². The predicted octanol–water partition coefficient (Wildman–Crippen LogP) is 6.71. The average molecular weight is 515 g/mol. The zero-order valence-corrected chi connectivity index (χ0v) is 21.0. The molecule has 1 aromatic heterocycles. The Kier molecular flexibility index (Phi) is 6.59. The van der Waals surface area contributed by atoms with Gasteiger partial charge in [-0.2, -0.15) is 0 Å². The van der Waals surface area contributed by atoms with E-state index < -0.39 is 29.9 Å². The van der Waals surface area contributed by atoms with Gasteiger partial charge in [0, 0.05) is 29.1 Å². The monoisotopic (exact) mass is 514 g/mol. The van der Waals surface area contributed by atoms with E-state index in [4.69, 9.17) is 9.47 Å². The number of ether oxygens (including phenoxy) is 2. The van der Waals surface area contributed by atoms with E-state index in [2.05, 4.69) is 15.3 Å². The molecule has 1 saturated carbocycles. The second-order valence-corrected chi connectivity index (χ2v) is 9.76. The van der Waals surface area contributed by atoms with Crippen LogP contribution in [0.15, 0.2) is 30.3 Å². The van der Waals surface area contributed by atoms with Crippen molar-refractivity contribution in [1.29, 1.82) is 0 Å². The first-order chi connectivity index (χ1) is 17.7. The van der Waals surface area contributed by atoms with E-state index in [1.54, 1.807) is 26.0 Å². The number of benzene rings is 2. The number of carbonyl (C=O) groups is 1. The molecule has 0 radical (unpaired) electrons. The van der Waals surface area contributed by atoms with Crippen LogP contribution in [0, 0.1) is 12.7 Å². The molecule has 1 saturated heterocycles. The summed E-state index contributed by atoms with van der Waals surface area (Å²) in [6.07, 6.45) is 1.66. The van der Waals surface area contributed by atoms with Crippen molar-refractivity contribution in [3.8, 4) is 11.5 Å². The second kappa shape index (κ2) is 9.72. The van der Waals surface area contributed by atoms with Gasteiger partial charge in [0.1, 0.15) is 17.5 Å². The molecule has 37 heavy (non-hydrogen) atoms. The van der Waals surface area contributed by atoms with Crippen molar-refractivity contribution in [2.24, 2.45) is 0 Å². The summed E-state index contributed by atoms with van der Waals surface area (Å²) in [6, 6.07) is 6.52. The molecule has 1 N–H and O–H groups in total. The molecule has 0 bridgehead atoms.